The number of aromatic nitrogens is 2. The number of hydrogen-bond donors (Lipinski definition) is 1. The van der Waals surface area contributed by atoms with Crippen molar-refractivity contribution in [3.05, 3.63) is 62.3 Å². The Bertz CT molecular complexity index is 1090. The van der Waals surface area contributed by atoms with Gasteiger partial charge < -0.3 is 9.72 Å². The number of benzene rings is 1. The first-order chi connectivity index (χ1) is 13.4. The van der Waals surface area contributed by atoms with Gasteiger partial charge in [-0.1, -0.05) is 19.1 Å². The van der Waals surface area contributed by atoms with Crippen molar-refractivity contribution in [3.8, 4) is 0 Å². The molecular formula is C21H21FN2O3S. The second-order valence-corrected chi connectivity index (χ2v) is 8.50. The summed E-state index contributed by atoms with van der Waals surface area (Å²) in [5.41, 5.74) is 1.61. The van der Waals surface area contributed by atoms with E-state index in [-0.39, 0.29) is 17.8 Å². The number of nitrogens with zero attached hydrogens (tertiary/aromatic N) is 1. The summed E-state index contributed by atoms with van der Waals surface area (Å²) in [6.07, 6.45) is 2.32. The fourth-order valence-electron chi connectivity index (χ4n) is 3.62. The van der Waals surface area contributed by atoms with Crippen LogP contribution in [0.3, 0.4) is 0 Å². The molecule has 0 radical (unpaired) electrons. The van der Waals surface area contributed by atoms with Gasteiger partial charge in [0.1, 0.15) is 10.6 Å². The van der Waals surface area contributed by atoms with Gasteiger partial charge in [-0.05, 0) is 55.4 Å². The number of nitrogens with one attached hydrogen (secondary N) is 1. The quantitative estimate of drug-likeness (QED) is 0.670. The van der Waals surface area contributed by atoms with Gasteiger partial charge in [0.2, 0.25) is 0 Å². The zero-order chi connectivity index (χ0) is 19.8. The molecule has 1 aromatic carbocycles. The minimum Gasteiger partial charge on any atom is -0.454 e. The monoisotopic (exact) mass is 400 g/mol. The van der Waals surface area contributed by atoms with Gasteiger partial charge in [0.05, 0.1) is 11.8 Å². The van der Waals surface area contributed by atoms with E-state index < -0.39 is 12.1 Å². The smallest absolute Gasteiger partial charge is 0.310 e. The lowest BCUT2D eigenvalue weighted by atomic mass is 9.89. The molecule has 7 heteroatoms. The number of rotatable bonds is 4. The first-order valence-corrected chi connectivity index (χ1v) is 10.2. The highest BCUT2D eigenvalue weighted by Gasteiger charge is 2.24. The molecule has 0 saturated carbocycles. The maximum absolute atomic E-state index is 13.0. The van der Waals surface area contributed by atoms with E-state index in [1.54, 1.807) is 30.4 Å². The van der Waals surface area contributed by atoms with Crippen molar-refractivity contribution in [1.29, 1.82) is 0 Å². The molecule has 4 rings (SSSR count). The summed E-state index contributed by atoms with van der Waals surface area (Å²) in [7, 11) is 0. The minimum atomic E-state index is -0.678. The van der Waals surface area contributed by atoms with E-state index in [9.17, 15) is 14.0 Å². The molecule has 0 amide bonds. The van der Waals surface area contributed by atoms with Crippen LogP contribution in [-0.2, 0) is 28.8 Å². The summed E-state index contributed by atoms with van der Waals surface area (Å²) in [5, 5.41) is 0.681. The van der Waals surface area contributed by atoms with Crippen LogP contribution >= 0.6 is 11.3 Å². The van der Waals surface area contributed by atoms with Crippen LogP contribution in [0.4, 0.5) is 4.39 Å². The number of thiophene rings is 1. The molecule has 2 heterocycles. The van der Waals surface area contributed by atoms with Gasteiger partial charge in [-0.2, -0.15) is 0 Å². The average Bonchev–Trinajstić information content (AvgIpc) is 3.01. The molecule has 0 saturated heterocycles. The van der Waals surface area contributed by atoms with E-state index in [1.165, 1.54) is 17.0 Å². The largest absolute Gasteiger partial charge is 0.454 e. The van der Waals surface area contributed by atoms with E-state index in [2.05, 4.69) is 16.9 Å². The molecule has 3 aromatic rings. The highest BCUT2D eigenvalue weighted by atomic mass is 32.1. The minimum absolute atomic E-state index is 0.0300. The number of ether oxygens (including phenoxy) is 1. The highest BCUT2D eigenvalue weighted by molar-refractivity contribution is 7.18. The van der Waals surface area contributed by atoms with Gasteiger partial charge >= 0.3 is 5.97 Å². The SMILES string of the molecule is C[C@H]1CCc2c(sc3nc([C@H](C)OC(=O)Cc4ccc(F)cc4)[nH]c(=O)c23)C1. The molecule has 1 aliphatic carbocycles. The van der Waals surface area contributed by atoms with Crippen molar-refractivity contribution in [2.45, 2.75) is 45.6 Å². The predicted molar refractivity (Wildman–Crippen MR) is 106 cm³/mol. The summed E-state index contributed by atoms with van der Waals surface area (Å²) in [6, 6.07) is 5.70. The first kappa shape index (κ1) is 18.8. The Labute approximate surface area is 165 Å². The summed E-state index contributed by atoms with van der Waals surface area (Å²) in [5.74, 6) is 0.150. The predicted octanol–water partition coefficient (Wildman–Crippen LogP) is 4.10. The van der Waals surface area contributed by atoms with E-state index in [0.717, 1.165) is 24.8 Å². The molecular weight excluding hydrogens is 379 g/mol. The van der Waals surface area contributed by atoms with E-state index in [4.69, 9.17) is 4.74 Å². The van der Waals surface area contributed by atoms with Crippen LogP contribution in [0.2, 0.25) is 0 Å². The molecule has 28 heavy (non-hydrogen) atoms. The van der Waals surface area contributed by atoms with Crippen molar-refractivity contribution < 1.29 is 13.9 Å². The summed E-state index contributed by atoms with van der Waals surface area (Å²) >= 11 is 1.56. The van der Waals surface area contributed by atoms with Gasteiger partial charge in [0, 0.05) is 4.88 Å². The number of hydrogen-bond acceptors (Lipinski definition) is 5. The number of halogens is 1. The summed E-state index contributed by atoms with van der Waals surface area (Å²) in [6.45, 7) is 3.90. The Hall–Kier alpha value is -2.54. The second kappa shape index (κ2) is 7.47. The maximum Gasteiger partial charge on any atom is 0.310 e. The Morgan fingerprint density at radius 2 is 2.14 bits per heavy atom. The third-order valence-electron chi connectivity index (χ3n) is 5.14. The van der Waals surface area contributed by atoms with E-state index in [1.807, 2.05) is 0 Å². The summed E-state index contributed by atoms with van der Waals surface area (Å²) in [4.78, 5) is 34.2. The Morgan fingerprint density at radius 3 is 2.89 bits per heavy atom. The molecule has 146 valence electrons. The highest BCUT2D eigenvalue weighted by Crippen LogP contribution is 2.35. The number of aromatic amines is 1. The van der Waals surface area contributed by atoms with E-state index in [0.29, 0.717) is 27.5 Å². The van der Waals surface area contributed by atoms with Crippen LogP contribution in [0.25, 0.3) is 10.2 Å². The molecule has 2 atom stereocenters. The number of carbonyl (C=O) groups excluding carboxylic acids is 1. The van der Waals surface area contributed by atoms with Crippen LogP contribution in [0.15, 0.2) is 29.1 Å². The Balaban J connectivity index is 1.54. The van der Waals surface area contributed by atoms with Gasteiger partial charge in [-0.3, -0.25) is 9.59 Å². The molecule has 0 bridgehead atoms. The molecule has 0 aliphatic heterocycles. The maximum atomic E-state index is 13.0. The third kappa shape index (κ3) is 3.71. The molecule has 0 spiro atoms. The number of H-pyrrole nitrogens is 1. The van der Waals surface area contributed by atoms with Gasteiger partial charge in [-0.25, -0.2) is 9.37 Å². The van der Waals surface area contributed by atoms with Crippen molar-refractivity contribution in [2.75, 3.05) is 0 Å². The fraction of sp³-hybridized carbons (Fsp3) is 0.381. The molecule has 2 aromatic heterocycles. The van der Waals surface area contributed by atoms with Crippen LogP contribution in [0.5, 0.6) is 0 Å². The fourth-order valence-corrected chi connectivity index (χ4v) is 5.01. The van der Waals surface area contributed by atoms with Crippen molar-refractivity contribution in [3.63, 3.8) is 0 Å². The molecule has 0 unspecified atom stereocenters. The summed E-state index contributed by atoms with van der Waals surface area (Å²) < 4.78 is 18.4. The average molecular weight is 400 g/mol. The van der Waals surface area contributed by atoms with Crippen LogP contribution in [0.1, 0.15) is 48.2 Å². The van der Waals surface area contributed by atoms with Crippen molar-refractivity contribution in [2.24, 2.45) is 5.92 Å². The standard InChI is InChI=1S/C21H21FN2O3S/c1-11-3-8-15-16(9-11)28-21-18(15)20(26)23-19(24-21)12(2)27-17(25)10-13-4-6-14(22)7-5-13/h4-7,11-12H,3,8-10H2,1-2H3,(H,23,24,26)/t11-,12-/m0/s1. The molecule has 1 N–H and O–H groups in total. The van der Waals surface area contributed by atoms with Crippen LogP contribution in [-0.4, -0.2) is 15.9 Å². The Kier molecular flexibility index (Phi) is 5.02. The van der Waals surface area contributed by atoms with E-state index >= 15 is 0 Å². The molecule has 5 nitrogen and oxygen atoms in total. The van der Waals surface area contributed by atoms with Gasteiger partial charge in [0.25, 0.3) is 5.56 Å². The first-order valence-electron chi connectivity index (χ1n) is 9.39. The molecule has 1 aliphatic rings. The lowest BCUT2D eigenvalue weighted by Gasteiger charge is -2.17. The Morgan fingerprint density at radius 1 is 1.39 bits per heavy atom. The third-order valence-corrected chi connectivity index (χ3v) is 6.29. The molecule has 0 fully saturated rings. The lowest BCUT2D eigenvalue weighted by Crippen LogP contribution is -2.18. The van der Waals surface area contributed by atoms with Gasteiger partial charge in [0.15, 0.2) is 11.9 Å². The topological polar surface area (TPSA) is 72.0 Å². The van der Waals surface area contributed by atoms with Gasteiger partial charge in [-0.15, -0.1) is 11.3 Å². The number of carbonyl (C=O) groups is 1. The van der Waals surface area contributed by atoms with Crippen LogP contribution in [0, 0.1) is 11.7 Å². The number of fused-ring (bicyclic) bond motifs is 3. The second-order valence-electron chi connectivity index (χ2n) is 7.42. The van der Waals surface area contributed by atoms with Crippen molar-refractivity contribution >= 4 is 27.5 Å². The number of esters is 1. The van der Waals surface area contributed by atoms with Crippen molar-refractivity contribution in [1.82, 2.24) is 9.97 Å². The van der Waals surface area contributed by atoms with Crippen LogP contribution < -0.4 is 5.56 Å². The lowest BCUT2D eigenvalue weighted by molar-refractivity contribution is -0.148. The normalized spacial score (nSPS) is 17.3. The zero-order valence-electron chi connectivity index (χ0n) is 15.8. The zero-order valence-corrected chi connectivity index (χ0v) is 16.6. The number of aryl methyl sites for hydroxylation is 1.